The van der Waals surface area contributed by atoms with Gasteiger partial charge in [-0.25, -0.2) is 8.42 Å². The van der Waals surface area contributed by atoms with Crippen LogP contribution in [0.15, 0.2) is 24.3 Å². The van der Waals surface area contributed by atoms with E-state index in [1.165, 1.54) is 0 Å². The Morgan fingerprint density at radius 1 is 1.35 bits per heavy atom. The Morgan fingerprint density at radius 3 is 2.76 bits per heavy atom. The van der Waals surface area contributed by atoms with Gasteiger partial charge in [0.25, 0.3) is 0 Å². The molecule has 0 heterocycles. The second-order valence-corrected chi connectivity index (χ2v) is 6.11. The van der Waals surface area contributed by atoms with E-state index < -0.39 is 9.84 Å². The number of sulfone groups is 1. The molecule has 0 unspecified atom stereocenters. The number of terminal acetylenes is 1. The lowest BCUT2D eigenvalue weighted by Crippen LogP contribution is -2.18. The first-order valence-electron chi connectivity index (χ1n) is 5.58. The van der Waals surface area contributed by atoms with Crippen LogP contribution in [-0.2, 0) is 9.84 Å². The van der Waals surface area contributed by atoms with E-state index in [4.69, 9.17) is 6.42 Å². The molecule has 0 atom stereocenters. The maximum atomic E-state index is 11.5. The maximum Gasteiger partial charge on any atom is 0.152 e. The summed E-state index contributed by atoms with van der Waals surface area (Å²) in [7, 11) is -2.92. The lowest BCUT2D eigenvalue weighted by atomic mass is 10.2. The Labute approximate surface area is 103 Å². The molecule has 0 aliphatic carbocycles. The number of rotatable bonds is 6. The Morgan fingerprint density at radius 2 is 2.12 bits per heavy atom. The van der Waals surface area contributed by atoms with Crippen LogP contribution >= 0.6 is 0 Å². The van der Waals surface area contributed by atoms with Crippen LogP contribution in [0.4, 0.5) is 5.69 Å². The number of benzene rings is 1. The minimum Gasteiger partial charge on any atom is -0.384 e. The number of hydrogen-bond acceptors (Lipinski definition) is 3. The molecule has 1 rings (SSSR count). The van der Waals surface area contributed by atoms with E-state index in [0.29, 0.717) is 13.0 Å². The lowest BCUT2D eigenvalue weighted by Gasteiger charge is -2.07. The molecule has 0 aliphatic rings. The van der Waals surface area contributed by atoms with Gasteiger partial charge in [-0.1, -0.05) is 18.9 Å². The molecular formula is C13H17NO2S. The van der Waals surface area contributed by atoms with Gasteiger partial charge in [-0.15, -0.1) is 6.42 Å². The van der Waals surface area contributed by atoms with Gasteiger partial charge in [-0.05, 0) is 24.6 Å². The first kappa shape index (κ1) is 13.6. The maximum absolute atomic E-state index is 11.5. The molecular weight excluding hydrogens is 234 g/mol. The molecule has 0 radical (unpaired) electrons. The van der Waals surface area contributed by atoms with E-state index in [1.807, 2.05) is 31.2 Å². The fourth-order valence-electron chi connectivity index (χ4n) is 1.48. The summed E-state index contributed by atoms with van der Waals surface area (Å²) in [4.78, 5) is 0. The van der Waals surface area contributed by atoms with Crippen LogP contribution in [0, 0.1) is 12.3 Å². The summed E-state index contributed by atoms with van der Waals surface area (Å²) in [6.45, 7) is 2.28. The zero-order valence-electron chi connectivity index (χ0n) is 9.94. The predicted molar refractivity (Wildman–Crippen MR) is 71.8 cm³/mol. The van der Waals surface area contributed by atoms with Crippen molar-refractivity contribution in [1.29, 1.82) is 0 Å². The zero-order chi connectivity index (χ0) is 12.7. The van der Waals surface area contributed by atoms with Crippen LogP contribution in [0.2, 0.25) is 0 Å². The van der Waals surface area contributed by atoms with Gasteiger partial charge >= 0.3 is 0 Å². The van der Waals surface area contributed by atoms with Gasteiger partial charge < -0.3 is 5.32 Å². The molecule has 0 fully saturated rings. The molecule has 3 nitrogen and oxygen atoms in total. The van der Waals surface area contributed by atoms with E-state index in [1.54, 1.807) is 0 Å². The standard InChI is InChI=1S/C13H17NO2S/c1-3-9-17(15,16)10-8-14-13-7-5-6-12(4-2)11-13/h2,5-7,11,14H,3,8-10H2,1H3. The highest BCUT2D eigenvalue weighted by Crippen LogP contribution is 2.09. The van der Waals surface area contributed by atoms with E-state index in [2.05, 4.69) is 11.2 Å². The third kappa shape index (κ3) is 4.92. The molecule has 0 bridgehead atoms. The molecule has 0 saturated heterocycles. The number of hydrogen-bond donors (Lipinski definition) is 1. The third-order valence-corrected chi connectivity index (χ3v) is 4.14. The second-order valence-electron chi connectivity index (χ2n) is 3.80. The molecule has 92 valence electrons. The van der Waals surface area contributed by atoms with Gasteiger partial charge in [0.1, 0.15) is 0 Å². The van der Waals surface area contributed by atoms with Gasteiger partial charge in [-0.2, -0.15) is 0 Å². The van der Waals surface area contributed by atoms with Crippen molar-refractivity contribution in [3.8, 4) is 12.3 Å². The van der Waals surface area contributed by atoms with Gasteiger partial charge in [0.05, 0.1) is 5.75 Å². The van der Waals surface area contributed by atoms with Crippen molar-refractivity contribution in [2.24, 2.45) is 0 Å². The van der Waals surface area contributed by atoms with Crippen molar-refractivity contribution in [1.82, 2.24) is 0 Å². The van der Waals surface area contributed by atoms with E-state index in [-0.39, 0.29) is 11.5 Å². The fraction of sp³-hybridized carbons (Fsp3) is 0.385. The van der Waals surface area contributed by atoms with E-state index in [0.717, 1.165) is 11.3 Å². The summed E-state index contributed by atoms with van der Waals surface area (Å²) in [6, 6.07) is 7.37. The average Bonchev–Trinajstić information content (AvgIpc) is 2.29. The highest BCUT2D eigenvalue weighted by Gasteiger charge is 2.08. The van der Waals surface area contributed by atoms with Crippen LogP contribution in [0.1, 0.15) is 18.9 Å². The SMILES string of the molecule is C#Cc1cccc(NCCS(=O)(=O)CCC)c1. The fourth-order valence-corrected chi connectivity index (χ4v) is 2.72. The monoisotopic (exact) mass is 251 g/mol. The predicted octanol–water partition coefficient (Wildman–Crippen LogP) is 1.90. The summed E-state index contributed by atoms with van der Waals surface area (Å²) in [5, 5.41) is 3.06. The largest absolute Gasteiger partial charge is 0.384 e. The highest BCUT2D eigenvalue weighted by atomic mass is 32.2. The summed E-state index contributed by atoms with van der Waals surface area (Å²) in [6.07, 6.45) is 5.94. The van der Waals surface area contributed by atoms with E-state index >= 15 is 0 Å². The molecule has 1 N–H and O–H groups in total. The van der Waals surface area contributed by atoms with Crippen molar-refractivity contribution in [2.75, 3.05) is 23.4 Å². The summed E-state index contributed by atoms with van der Waals surface area (Å²) >= 11 is 0. The third-order valence-electron chi connectivity index (χ3n) is 2.29. The minimum absolute atomic E-state index is 0.154. The molecule has 17 heavy (non-hydrogen) atoms. The number of nitrogens with one attached hydrogen (secondary N) is 1. The minimum atomic E-state index is -2.92. The molecule has 1 aromatic carbocycles. The van der Waals surface area contributed by atoms with Crippen LogP contribution in [0.5, 0.6) is 0 Å². The van der Waals surface area contributed by atoms with Crippen LogP contribution < -0.4 is 5.32 Å². The van der Waals surface area contributed by atoms with Gasteiger partial charge in [0, 0.05) is 23.5 Å². The van der Waals surface area contributed by atoms with Gasteiger partial charge in [-0.3, -0.25) is 0 Å². The average molecular weight is 251 g/mol. The quantitative estimate of drug-likeness (QED) is 0.786. The van der Waals surface area contributed by atoms with Crippen LogP contribution in [0.3, 0.4) is 0 Å². The second kappa shape index (κ2) is 6.31. The van der Waals surface area contributed by atoms with Crippen molar-refractivity contribution in [2.45, 2.75) is 13.3 Å². The van der Waals surface area contributed by atoms with Crippen molar-refractivity contribution in [3.63, 3.8) is 0 Å². The van der Waals surface area contributed by atoms with Crippen molar-refractivity contribution >= 4 is 15.5 Å². The van der Waals surface area contributed by atoms with Crippen molar-refractivity contribution in [3.05, 3.63) is 29.8 Å². The molecule has 0 spiro atoms. The molecule has 0 amide bonds. The highest BCUT2D eigenvalue weighted by molar-refractivity contribution is 7.91. The normalized spacial score (nSPS) is 10.8. The Hall–Kier alpha value is -1.47. The molecule has 1 aromatic rings. The smallest absolute Gasteiger partial charge is 0.152 e. The lowest BCUT2D eigenvalue weighted by molar-refractivity contribution is 0.595. The zero-order valence-corrected chi connectivity index (χ0v) is 10.8. The van der Waals surface area contributed by atoms with Gasteiger partial charge in [0.2, 0.25) is 0 Å². The Kier molecular flexibility index (Phi) is 5.05. The summed E-state index contributed by atoms with van der Waals surface area (Å²) in [5.41, 5.74) is 1.64. The van der Waals surface area contributed by atoms with Crippen molar-refractivity contribution < 1.29 is 8.42 Å². The molecule has 0 saturated carbocycles. The molecule has 4 heteroatoms. The van der Waals surface area contributed by atoms with E-state index in [9.17, 15) is 8.42 Å². The summed E-state index contributed by atoms with van der Waals surface area (Å²) < 4.78 is 22.9. The first-order valence-corrected chi connectivity index (χ1v) is 7.40. The Balaban J connectivity index is 2.49. The van der Waals surface area contributed by atoms with Gasteiger partial charge in [0.15, 0.2) is 9.84 Å². The summed E-state index contributed by atoms with van der Waals surface area (Å²) in [5.74, 6) is 2.94. The molecule has 0 aliphatic heterocycles. The van der Waals surface area contributed by atoms with Crippen LogP contribution in [-0.4, -0.2) is 26.5 Å². The first-order chi connectivity index (χ1) is 8.07. The Bertz CT molecular complexity index is 500. The van der Waals surface area contributed by atoms with Crippen LogP contribution in [0.25, 0.3) is 0 Å². The number of anilines is 1. The topological polar surface area (TPSA) is 46.2 Å². The molecule has 0 aromatic heterocycles.